The number of alkyl halides is 3. The van der Waals surface area contributed by atoms with Crippen molar-refractivity contribution in [2.24, 2.45) is 0 Å². The summed E-state index contributed by atoms with van der Waals surface area (Å²) in [4.78, 5) is 4.41. The average Bonchev–Trinajstić information content (AvgIpc) is 2.61. The molecule has 1 heterocycles. The number of pyridine rings is 1. The Bertz CT molecular complexity index is 939. The average molecular weight is 378 g/mol. The van der Waals surface area contributed by atoms with Gasteiger partial charge in [-0.2, -0.15) is 13.2 Å². The highest BCUT2D eigenvalue weighted by Crippen LogP contribution is 2.36. The Morgan fingerprint density at radius 1 is 1.08 bits per heavy atom. The maximum absolute atomic E-state index is 12.6. The highest BCUT2D eigenvalue weighted by molar-refractivity contribution is 6.31. The second kappa shape index (κ2) is 7.38. The number of nitrogens with zero attached hydrogens (tertiary/aromatic N) is 1. The van der Waals surface area contributed by atoms with Gasteiger partial charge in [0.2, 0.25) is 5.88 Å². The second-order valence-corrected chi connectivity index (χ2v) is 6.13. The van der Waals surface area contributed by atoms with Crippen LogP contribution in [0.4, 0.5) is 13.2 Å². The summed E-state index contributed by atoms with van der Waals surface area (Å²) in [7, 11) is 0. The Morgan fingerprint density at radius 2 is 1.81 bits per heavy atom. The Morgan fingerprint density at radius 3 is 2.46 bits per heavy atom. The Balaban J connectivity index is 2.26. The molecule has 1 aromatic heterocycles. The lowest BCUT2D eigenvalue weighted by molar-refractivity contribution is -0.153. The molecule has 2 aromatic carbocycles. The van der Waals surface area contributed by atoms with Gasteiger partial charge < -0.3 is 4.74 Å². The van der Waals surface area contributed by atoms with Gasteiger partial charge in [-0.15, -0.1) is 6.58 Å². The number of halogens is 4. The summed E-state index contributed by atoms with van der Waals surface area (Å²) in [6.45, 7) is 2.36. The van der Waals surface area contributed by atoms with Crippen LogP contribution in [0.5, 0.6) is 5.88 Å². The van der Waals surface area contributed by atoms with E-state index in [-0.39, 0.29) is 5.88 Å². The summed E-state index contributed by atoms with van der Waals surface area (Å²) in [6.07, 6.45) is -2.24. The lowest BCUT2D eigenvalue weighted by Crippen LogP contribution is -2.20. The molecule has 3 aromatic rings. The van der Waals surface area contributed by atoms with Crippen LogP contribution in [0.25, 0.3) is 22.0 Å². The van der Waals surface area contributed by atoms with Crippen LogP contribution >= 0.6 is 11.6 Å². The largest absolute Gasteiger partial charge is 0.468 e. The monoisotopic (exact) mass is 377 g/mol. The van der Waals surface area contributed by atoms with E-state index in [1.807, 2.05) is 30.3 Å². The van der Waals surface area contributed by atoms with E-state index >= 15 is 0 Å². The highest BCUT2D eigenvalue weighted by Gasteiger charge is 2.29. The molecular weight excluding hydrogens is 363 g/mol. The summed E-state index contributed by atoms with van der Waals surface area (Å²) in [5.41, 5.74) is 2.17. The fraction of sp³-hybridized carbons (Fsp3) is 0.150. The van der Waals surface area contributed by atoms with E-state index in [4.69, 9.17) is 16.3 Å². The molecule has 26 heavy (non-hydrogen) atoms. The Kier molecular flexibility index (Phi) is 5.18. The van der Waals surface area contributed by atoms with E-state index < -0.39 is 12.8 Å². The Labute approximate surface area is 153 Å². The van der Waals surface area contributed by atoms with E-state index in [2.05, 4.69) is 11.6 Å². The van der Waals surface area contributed by atoms with Crippen molar-refractivity contribution in [3.8, 4) is 17.1 Å². The van der Waals surface area contributed by atoms with Gasteiger partial charge in [-0.1, -0.05) is 48.0 Å². The number of aromatic nitrogens is 1. The summed E-state index contributed by atoms with van der Waals surface area (Å²) in [5.74, 6) is -0.0688. The molecule has 0 radical (unpaired) electrons. The molecule has 0 unspecified atom stereocenters. The smallest absolute Gasteiger partial charge is 0.422 e. The zero-order valence-electron chi connectivity index (χ0n) is 13.7. The first kappa shape index (κ1) is 18.3. The van der Waals surface area contributed by atoms with Crippen molar-refractivity contribution in [2.45, 2.75) is 12.6 Å². The van der Waals surface area contributed by atoms with Gasteiger partial charge in [-0.05, 0) is 35.6 Å². The lowest BCUT2D eigenvalue weighted by atomic mass is 9.97. The third-order valence-corrected chi connectivity index (χ3v) is 4.04. The topological polar surface area (TPSA) is 22.1 Å². The molecule has 0 amide bonds. The van der Waals surface area contributed by atoms with Crippen molar-refractivity contribution in [3.05, 3.63) is 71.8 Å². The molecule has 0 saturated heterocycles. The predicted octanol–water partition coefficient (Wildman–Crippen LogP) is 6.22. The van der Waals surface area contributed by atoms with Crippen LogP contribution in [-0.4, -0.2) is 17.8 Å². The Hall–Kier alpha value is -2.53. The molecule has 0 bridgehead atoms. The predicted molar refractivity (Wildman–Crippen MR) is 97.6 cm³/mol. The maximum Gasteiger partial charge on any atom is 0.422 e. The summed E-state index contributed by atoms with van der Waals surface area (Å²) in [5, 5.41) is 1.66. The molecule has 0 atom stereocenters. The normalized spacial score (nSPS) is 11.5. The molecule has 0 aliphatic heterocycles. The third-order valence-electron chi connectivity index (χ3n) is 3.80. The quantitative estimate of drug-likeness (QED) is 0.492. The van der Waals surface area contributed by atoms with Gasteiger partial charge >= 0.3 is 6.18 Å². The first-order valence-corrected chi connectivity index (χ1v) is 8.25. The standard InChI is InChI=1S/C20H15ClF3NO/c1-2-6-15-17-11-14(21)9-10-16(17)19(26-12-20(22,23)24)25-18(15)13-7-4-3-5-8-13/h2-5,7-11H,1,6,12H2. The van der Waals surface area contributed by atoms with Gasteiger partial charge in [0.15, 0.2) is 6.61 Å². The molecule has 0 saturated carbocycles. The third kappa shape index (κ3) is 3.99. The van der Waals surface area contributed by atoms with Gasteiger partial charge in [0.1, 0.15) is 0 Å². The highest BCUT2D eigenvalue weighted by atomic mass is 35.5. The SMILES string of the molecule is C=CCc1c(-c2ccccc2)nc(OCC(F)(F)F)c2ccc(Cl)cc12. The van der Waals surface area contributed by atoms with Crippen LogP contribution in [0.1, 0.15) is 5.56 Å². The van der Waals surface area contributed by atoms with Crippen LogP contribution in [0.2, 0.25) is 5.02 Å². The second-order valence-electron chi connectivity index (χ2n) is 5.70. The number of hydrogen-bond acceptors (Lipinski definition) is 2. The number of hydrogen-bond donors (Lipinski definition) is 0. The molecule has 0 N–H and O–H groups in total. The van der Waals surface area contributed by atoms with E-state index in [1.165, 1.54) is 0 Å². The number of allylic oxidation sites excluding steroid dienone is 1. The first-order valence-electron chi connectivity index (χ1n) is 7.87. The van der Waals surface area contributed by atoms with Crippen LogP contribution in [0.3, 0.4) is 0 Å². The number of fused-ring (bicyclic) bond motifs is 1. The van der Waals surface area contributed by atoms with Crippen molar-refractivity contribution in [1.82, 2.24) is 4.98 Å². The van der Waals surface area contributed by atoms with Crippen molar-refractivity contribution in [1.29, 1.82) is 0 Å². The van der Waals surface area contributed by atoms with Crippen LogP contribution < -0.4 is 4.74 Å². The molecule has 134 valence electrons. The minimum absolute atomic E-state index is 0.0688. The van der Waals surface area contributed by atoms with Crippen molar-refractivity contribution in [3.63, 3.8) is 0 Å². The van der Waals surface area contributed by atoms with Gasteiger partial charge in [0.25, 0.3) is 0 Å². The lowest BCUT2D eigenvalue weighted by Gasteiger charge is -2.16. The van der Waals surface area contributed by atoms with Crippen LogP contribution in [0.15, 0.2) is 61.2 Å². The number of ether oxygens (including phenoxy) is 1. The summed E-state index contributed by atoms with van der Waals surface area (Å²) >= 11 is 6.12. The van der Waals surface area contributed by atoms with Crippen LogP contribution in [0, 0.1) is 0 Å². The van der Waals surface area contributed by atoms with Crippen molar-refractivity contribution < 1.29 is 17.9 Å². The molecule has 0 spiro atoms. The van der Waals surface area contributed by atoms with Gasteiger partial charge in [-0.25, -0.2) is 4.98 Å². The molecule has 6 heteroatoms. The molecule has 3 rings (SSSR count). The summed E-state index contributed by atoms with van der Waals surface area (Å²) < 4.78 is 42.9. The van der Waals surface area contributed by atoms with Gasteiger partial charge in [0, 0.05) is 16.0 Å². The minimum atomic E-state index is -4.45. The first-order chi connectivity index (χ1) is 12.4. The van der Waals surface area contributed by atoms with E-state index in [0.29, 0.717) is 27.9 Å². The van der Waals surface area contributed by atoms with Gasteiger partial charge in [0.05, 0.1) is 5.69 Å². The molecule has 0 aliphatic carbocycles. The van der Waals surface area contributed by atoms with E-state index in [0.717, 1.165) is 11.1 Å². The summed E-state index contributed by atoms with van der Waals surface area (Å²) in [6, 6.07) is 14.2. The fourth-order valence-electron chi connectivity index (χ4n) is 2.76. The van der Waals surface area contributed by atoms with E-state index in [9.17, 15) is 13.2 Å². The number of benzene rings is 2. The van der Waals surface area contributed by atoms with Gasteiger partial charge in [-0.3, -0.25) is 0 Å². The minimum Gasteiger partial charge on any atom is -0.468 e. The van der Waals surface area contributed by atoms with Crippen LogP contribution in [-0.2, 0) is 6.42 Å². The van der Waals surface area contributed by atoms with Crippen molar-refractivity contribution >= 4 is 22.4 Å². The molecular formula is C20H15ClF3NO. The molecule has 2 nitrogen and oxygen atoms in total. The zero-order chi connectivity index (χ0) is 18.7. The maximum atomic E-state index is 12.6. The fourth-order valence-corrected chi connectivity index (χ4v) is 2.93. The number of rotatable bonds is 5. The van der Waals surface area contributed by atoms with E-state index in [1.54, 1.807) is 24.3 Å². The molecule has 0 aliphatic rings. The molecule has 0 fully saturated rings. The van der Waals surface area contributed by atoms with Crippen molar-refractivity contribution in [2.75, 3.05) is 6.61 Å². The zero-order valence-corrected chi connectivity index (χ0v) is 14.4.